The molecule has 0 aromatic rings. The molecular weight excluding hydrogens is 198 g/mol. The molecule has 2 rings (SSSR count). The van der Waals surface area contributed by atoms with Crippen molar-refractivity contribution in [3.05, 3.63) is 0 Å². The van der Waals surface area contributed by atoms with E-state index in [1.54, 1.807) is 0 Å². The van der Waals surface area contributed by atoms with Gasteiger partial charge in [0, 0.05) is 0 Å². The van der Waals surface area contributed by atoms with Crippen molar-refractivity contribution in [3.63, 3.8) is 0 Å². The third-order valence-electron chi connectivity index (χ3n) is 3.03. The third-order valence-corrected chi connectivity index (χ3v) is 4.21. The van der Waals surface area contributed by atoms with Gasteiger partial charge in [-0.15, -0.1) is 0 Å². The molecule has 1 aliphatic heterocycles. The van der Waals surface area contributed by atoms with Gasteiger partial charge in [-0.2, -0.15) is 11.8 Å². The summed E-state index contributed by atoms with van der Waals surface area (Å²) in [6.45, 7) is 0.901. The van der Waals surface area contributed by atoms with Crippen LogP contribution in [0.4, 0.5) is 0 Å². The molecule has 80 valence electrons. The first kappa shape index (κ1) is 10.3. The average Bonchev–Trinajstić information content (AvgIpc) is 2.80. The maximum absolute atomic E-state index is 11.0. The van der Waals surface area contributed by atoms with Crippen LogP contribution in [0.15, 0.2) is 0 Å². The number of carboxylic acid groups (broad SMARTS) is 1. The van der Waals surface area contributed by atoms with E-state index in [9.17, 15) is 4.79 Å². The summed E-state index contributed by atoms with van der Waals surface area (Å²) in [7, 11) is 0. The lowest BCUT2D eigenvalue weighted by Crippen LogP contribution is -2.43. The molecule has 3 nitrogen and oxygen atoms in total. The van der Waals surface area contributed by atoms with Crippen molar-refractivity contribution < 1.29 is 9.90 Å². The van der Waals surface area contributed by atoms with Crippen LogP contribution in [0.2, 0.25) is 0 Å². The van der Waals surface area contributed by atoms with Crippen LogP contribution in [0.25, 0.3) is 0 Å². The van der Waals surface area contributed by atoms with Crippen LogP contribution in [-0.4, -0.2) is 35.2 Å². The van der Waals surface area contributed by atoms with Gasteiger partial charge in [0.25, 0.3) is 0 Å². The van der Waals surface area contributed by atoms with Gasteiger partial charge in [-0.25, -0.2) is 0 Å². The largest absolute Gasteiger partial charge is 0.480 e. The SMILES string of the molecule is O=C(O)C(NCC1CC1)C1CCSC1. The molecule has 1 saturated heterocycles. The van der Waals surface area contributed by atoms with E-state index in [1.165, 1.54) is 12.8 Å². The molecule has 0 spiro atoms. The second-order valence-corrected chi connectivity index (χ2v) is 5.44. The second-order valence-electron chi connectivity index (χ2n) is 4.29. The van der Waals surface area contributed by atoms with Crippen LogP contribution in [0.5, 0.6) is 0 Å². The molecule has 0 radical (unpaired) electrons. The summed E-state index contributed by atoms with van der Waals surface area (Å²) in [5.41, 5.74) is 0. The van der Waals surface area contributed by atoms with Gasteiger partial charge >= 0.3 is 5.97 Å². The van der Waals surface area contributed by atoms with Crippen LogP contribution in [-0.2, 0) is 4.79 Å². The van der Waals surface area contributed by atoms with Gasteiger partial charge in [0.1, 0.15) is 6.04 Å². The van der Waals surface area contributed by atoms with Crippen LogP contribution in [0.1, 0.15) is 19.3 Å². The molecule has 4 heteroatoms. The summed E-state index contributed by atoms with van der Waals surface area (Å²) in [6.07, 6.45) is 3.61. The molecule has 2 fully saturated rings. The maximum atomic E-state index is 11.0. The predicted octanol–water partition coefficient (Wildman–Crippen LogP) is 1.19. The van der Waals surface area contributed by atoms with Crippen molar-refractivity contribution in [2.24, 2.45) is 11.8 Å². The topological polar surface area (TPSA) is 49.3 Å². The number of hydrogen-bond donors (Lipinski definition) is 2. The van der Waals surface area contributed by atoms with Crippen molar-refractivity contribution in [2.45, 2.75) is 25.3 Å². The smallest absolute Gasteiger partial charge is 0.321 e. The Morgan fingerprint density at radius 3 is 2.79 bits per heavy atom. The molecule has 0 aromatic carbocycles. The van der Waals surface area contributed by atoms with Gasteiger partial charge in [-0.1, -0.05) is 0 Å². The molecule has 2 unspecified atom stereocenters. The number of nitrogens with one attached hydrogen (secondary N) is 1. The first-order valence-corrected chi connectivity index (χ1v) is 6.47. The summed E-state index contributed by atoms with van der Waals surface area (Å²) in [5.74, 6) is 2.56. The fourth-order valence-corrected chi connectivity index (χ4v) is 3.18. The average molecular weight is 215 g/mol. The summed E-state index contributed by atoms with van der Waals surface area (Å²) in [4.78, 5) is 11.0. The highest BCUT2D eigenvalue weighted by Gasteiger charge is 2.32. The predicted molar refractivity (Wildman–Crippen MR) is 57.6 cm³/mol. The van der Waals surface area contributed by atoms with E-state index >= 15 is 0 Å². The highest BCUT2D eigenvalue weighted by Crippen LogP contribution is 2.30. The number of carbonyl (C=O) groups is 1. The standard InChI is InChI=1S/C10H17NO2S/c12-10(13)9(8-3-4-14-6-8)11-5-7-1-2-7/h7-9,11H,1-6H2,(H,12,13). The van der Waals surface area contributed by atoms with E-state index in [2.05, 4.69) is 5.32 Å². The number of rotatable bonds is 5. The van der Waals surface area contributed by atoms with Gasteiger partial charge in [-0.3, -0.25) is 4.79 Å². The Balaban J connectivity index is 1.81. The second kappa shape index (κ2) is 4.53. The van der Waals surface area contributed by atoms with Gasteiger partial charge in [0.15, 0.2) is 0 Å². The number of hydrogen-bond acceptors (Lipinski definition) is 3. The van der Waals surface area contributed by atoms with Crippen LogP contribution >= 0.6 is 11.8 Å². The molecule has 0 aromatic heterocycles. The minimum atomic E-state index is -0.668. The number of carboxylic acids is 1. The molecule has 0 bridgehead atoms. The van der Waals surface area contributed by atoms with E-state index in [0.717, 1.165) is 30.4 Å². The molecule has 1 saturated carbocycles. The van der Waals surface area contributed by atoms with Crippen LogP contribution in [0, 0.1) is 11.8 Å². The minimum Gasteiger partial charge on any atom is -0.480 e. The first-order chi connectivity index (χ1) is 6.77. The normalized spacial score (nSPS) is 29.0. The number of aliphatic carboxylic acids is 1. The molecule has 1 aliphatic carbocycles. The van der Waals surface area contributed by atoms with Crippen molar-refractivity contribution in [3.8, 4) is 0 Å². The molecule has 2 atom stereocenters. The molecule has 1 heterocycles. The Morgan fingerprint density at radius 1 is 1.50 bits per heavy atom. The zero-order chi connectivity index (χ0) is 9.97. The molecule has 0 amide bonds. The monoisotopic (exact) mass is 215 g/mol. The quantitative estimate of drug-likeness (QED) is 0.723. The van der Waals surface area contributed by atoms with Crippen molar-refractivity contribution in [2.75, 3.05) is 18.1 Å². The van der Waals surface area contributed by atoms with Gasteiger partial charge < -0.3 is 10.4 Å². The Labute approximate surface area is 88.6 Å². The fourth-order valence-electron chi connectivity index (χ4n) is 1.89. The third kappa shape index (κ3) is 2.64. The zero-order valence-corrected chi connectivity index (χ0v) is 9.05. The van der Waals surface area contributed by atoms with Gasteiger partial charge in [0.05, 0.1) is 0 Å². The van der Waals surface area contributed by atoms with Crippen molar-refractivity contribution in [1.82, 2.24) is 5.32 Å². The highest BCUT2D eigenvalue weighted by molar-refractivity contribution is 7.99. The van der Waals surface area contributed by atoms with E-state index in [0.29, 0.717) is 5.92 Å². The minimum absolute atomic E-state index is 0.300. The summed E-state index contributed by atoms with van der Waals surface area (Å²) in [5, 5.41) is 12.3. The highest BCUT2D eigenvalue weighted by atomic mass is 32.2. The molecule has 2 aliphatic rings. The van der Waals surface area contributed by atoms with Crippen molar-refractivity contribution in [1.29, 1.82) is 0 Å². The Morgan fingerprint density at radius 2 is 2.29 bits per heavy atom. The number of thioether (sulfide) groups is 1. The fraction of sp³-hybridized carbons (Fsp3) is 0.900. The van der Waals surface area contributed by atoms with Crippen molar-refractivity contribution >= 4 is 17.7 Å². The lowest BCUT2D eigenvalue weighted by molar-refractivity contribution is -0.140. The van der Waals surface area contributed by atoms with E-state index in [4.69, 9.17) is 5.11 Å². The molecule has 14 heavy (non-hydrogen) atoms. The van der Waals surface area contributed by atoms with Crippen LogP contribution < -0.4 is 5.32 Å². The summed E-state index contributed by atoms with van der Waals surface area (Å²) < 4.78 is 0. The van der Waals surface area contributed by atoms with E-state index in [1.807, 2.05) is 11.8 Å². The molecular formula is C10H17NO2S. The Bertz CT molecular complexity index is 212. The maximum Gasteiger partial charge on any atom is 0.321 e. The van der Waals surface area contributed by atoms with Gasteiger partial charge in [0.2, 0.25) is 0 Å². The van der Waals surface area contributed by atoms with E-state index in [-0.39, 0.29) is 6.04 Å². The lowest BCUT2D eigenvalue weighted by Gasteiger charge is -2.19. The lowest BCUT2D eigenvalue weighted by atomic mass is 9.99. The van der Waals surface area contributed by atoms with Gasteiger partial charge in [-0.05, 0) is 49.1 Å². The molecule has 2 N–H and O–H groups in total. The van der Waals surface area contributed by atoms with E-state index < -0.39 is 5.97 Å². The summed E-state index contributed by atoms with van der Waals surface area (Å²) in [6, 6.07) is -0.300. The Hall–Kier alpha value is -0.220. The Kier molecular flexibility index (Phi) is 3.34. The summed E-state index contributed by atoms with van der Waals surface area (Å²) >= 11 is 1.87. The first-order valence-electron chi connectivity index (χ1n) is 5.31. The zero-order valence-electron chi connectivity index (χ0n) is 8.24. The van der Waals surface area contributed by atoms with Crippen LogP contribution in [0.3, 0.4) is 0 Å².